The molecule has 1 fully saturated rings. The fourth-order valence-electron chi connectivity index (χ4n) is 3.44. The first kappa shape index (κ1) is 18.2. The van der Waals surface area contributed by atoms with E-state index in [1.807, 2.05) is 62.4 Å². The van der Waals surface area contributed by atoms with Crippen molar-refractivity contribution in [3.8, 4) is 0 Å². The van der Waals surface area contributed by atoms with E-state index in [9.17, 15) is 9.59 Å². The molecule has 0 amide bonds. The van der Waals surface area contributed by atoms with Crippen molar-refractivity contribution in [1.29, 1.82) is 0 Å². The summed E-state index contributed by atoms with van der Waals surface area (Å²) in [5.41, 5.74) is 0.575. The molecule has 1 aromatic heterocycles. The number of carbonyl (C=O) groups is 1. The van der Waals surface area contributed by atoms with Crippen LogP contribution in [0.2, 0.25) is 0 Å². The van der Waals surface area contributed by atoms with Gasteiger partial charge >= 0.3 is 5.97 Å². The molecule has 3 aromatic rings. The number of rotatable bonds is 5. The summed E-state index contributed by atoms with van der Waals surface area (Å²) < 4.78 is 7.24. The van der Waals surface area contributed by atoms with Gasteiger partial charge in [-0.15, -0.1) is 0 Å². The lowest BCUT2D eigenvalue weighted by Crippen LogP contribution is -2.40. The normalized spacial score (nSPS) is 19.5. The Balaban J connectivity index is 1.63. The van der Waals surface area contributed by atoms with E-state index in [4.69, 9.17) is 4.74 Å². The fourth-order valence-corrected chi connectivity index (χ4v) is 3.44. The molecule has 2 atom stereocenters. The van der Waals surface area contributed by atoms with Gasteiger partial charge in [-0.2, -0.15) is 0 Å². The van der Waals surface area contributed by atoms with Crippen molar-refractivity contribution in [2.45, 2.75) is 38.8 Å². The van der Waals surface area contributed by atoms with Gasteiger partial charge in [0.25, 0.3) is 5.56 Å². The molecule has 6 heteroatoms. The minimum Gasteiger partial charge on any atom is -0.456 e. The van der Waals surface area contributed by atoms with Gasteiger partial charge in [0, 0.05) is 6.42 Å². The highest BCUT2D eigenvalue weighted by molar-refractivity contribution is 5.88. The Morgan fingerprint density at radius 1 is 1.18 bits per heavy atom. The van der Waals surface area contributed by atoms with Crippen LogP contribution in [0.5, 0.6) is 0 Å². The zero-order valence-corrected chi connectivity index (χ0v) is 16.3. The van der Waals surface area contributed by atoms with Gasteiger partial charge in [-0.05, 0) is 31.5 Å². The number of aromatic nitrogens is 2. The monoisotopic (exact) mass is 377 g/mol. The van der Waals surface area contributed by atoms with Crippen molar-refractivity contribution >= 4 is 16.9 Å². The summed E-state index contributed by atoms with van der Waals surface area (Å²) in [4.78, 5) is 30.6. The number of aryl methyl sites for hydroxylation is 1. The molecule has 0 unspecified atom stereocenters. The van der Waals surface area contributed by atoms with Crippen LogP contribution in [-0.2, 0) is 16.0 Å². The molecule has 0 radical (unpaired) electrons. The Labute approximate surface area is 163 Å². The molecule has 0 aliphatic carbocycles. The largest absolute Gasteiger partial charge is 0.456 e. The van der Waals surface area contributed by atoms with Crippen molar-refractivity contribution in [2.24, 2.45) is 0 Å². The third-order valence-corrected chi connectivity index (χ3v) is 5.29. The molecule has 28 heavy (non-hydrogen) atoms. The number of hydrogen-bond donors (Lipinski definition) is 0. The minimum absolute atomic E-state index is 0.157. The molecule has 1 aliphatic heterocycles. The summed E-state index contributed by atoms with van der Waals surface area (Å²) in [5.74, 6) is 0.294. The second-order valence-electron chi connectivity index (χ2n) is 7.31. The molecule has 1 saturated heterocycles. The van der Waals surface area contributed by atoms with Crippen LogP contribution < -0.4 is 10.6 Å². The van der Waals surface area contributed by atoms with Crippen LogP contribution in [0.1, 0.15) is 38.3 Å². The van der Waals surface area contributed by atoms with E-state index in [0.717, 1.165) is 5.56 Å². The number of para-hydroxylation sites is 1. The van der Waals surface area contributed by atoms with Crippen LogP contribution in [0.3, 0.4) is 0 Å². The maximum Gasteiger partial charge on any atom is 0.335 e. The first-order valence-corrected chi connectivity index (χ1v) is 9.50. The van der Waals surface area contributed by atoms with Gasteiger partial charge in [0.1, 0.15) is 11.9 Å². The minimum atomic E-state index is -0.874. The van der Waals surface area contributed by atoms with Crippen LogP contribution in [0, 0.1) is 0 Å². The molecule has 1 aliphatic rings. The van der Waals surface area contributed by atoms with Crippen molar-refractivity contribution in [1.82, 2.24) is 9.66 Å². The second-order valence-corrected chi connectivity index (χ2v) is 7.31. The SMILES string of the molecule is CCc1nc2ccccc2c(=O)n1N1C[C@]1(C)C(=O)O[C@@H](C)c1ccccc1. The smallest absolute Gasteiger partial charge is 0.335 e. The summed E-state index contributed by atoms with van der Waals surface area (Å²) in [7, 11) is 0. The van der Waals surface area contributed by atoms with Gasteiger partial charge in [-0.1, -0.05) is 49.4 Å². The highest BCUT2D eigenvalue weighted by Gasteiger charge is 2.58. The maximum atomic E-state index is 13.1. The molecular weight excluding hydrogens is 354 g/mol. The van der Waals surface area contributed by atoms with Crippen molar-refractivity contribution in [3.05, 3.63) is 76.3 Å². The maximum absolute atomic E-state index is 13.1. The quantitative estimate of drug-likeness (QED) is 0.505. The Bertz CT molecular complexity index is 1090. The standard InChI is InChI=1S/C22H23N3O3/c1-4-19-23-18-13-9-8-12-17(18)20(26)25(19)24-14-22(24,3)21(27)28-15(2)16-10-6-5-7-11-16/h5-13,15H,4,14H2,1-3H3/t15-,22+,24?/m0/s1. The van der Waals surface area contributed by atoms with Crippen molar-refractivity contribution in [3.63, 3.8) is 0 Å². The molecule has 2 heterocycles. The van der Waals surface area contributed by atoms with Crippen molar-refractivity contribution in [2.75, 3.05) is 11.6 Å². The first-order valence-electron chi connectivity index (χ1n) is 9.50. The average molecular weight is 377 g/mol. The average Bonchev–Trinajstić information content (AvgIpc) is 3.40. The number of carbonyl (C=O) groups excluding carboxylic acids is 1. The van der Waals surface area contributed by atoms with E-state index in [1.54, 1.807) is 18.0 Å². The van der Waals surface area contributed by atoms with Crippen LogP contribution in [-0.4, -0.2) is 27.7 Å². The zero-order valence-electron chi connectivity index (χ0n) is 16.3. The topological polar surface area (TPSA) is 64.2 Å². The summed E-state index contributed by atoms with van der Waals surface area (Å²) in [5, 5.41) is 2.29. The summed E-state index contributed by atoms with van der Waals surface area (Å²) in [6.07, 6.45) is 0.229. The van der Waals surface area contributed by atoms with Crippen LogP contribution in [0.15, 0.2) is 59.4 Å². The van der Waals surface area contributed by atoms with Gasteiger partial charge in [0.05, 0.1) is 17.4 Å². The highest BCUT2D eigenvalue weighted by atomic mass is 16.5. The lowest BCUT2D eigenvalue weighted by Gasteiger charge is -2.20. The fraction of sp³-hybridized carbons (Fsp3) is 0.318. The van der Waals surface area contributed by atoms with Gasteiger partial charge in [0.15, 0.2) is 5.54 Å². The summed E-state index contributed by atoms with van der Waals surface area (Å²) in [6.45, 7) is 6.02. The summed E-state index contributed by atoms with van der Waals surface area (Å²) >= 11 is 0. The van der Waals surface area contributed by atoms with Gasteiger partial charge < -0.3 is 4.74 Å². The third-order valence-electron chi connectivity index (χ3n) is 5.29. The number of esters is 1. The van der Waals surface area contributed by atoms with Crippen LogP contribution in [0.25, 0.3) is 10.9 Å². The zero-order chi connectivity index (χ0) is 19.9. The molecule has 4 rings (SSSR count). The molecule has 144 valence electrons. The van der Waals surface area contributed by atoms with E-state index < -0.39 is 5.54 Å². The number of ether oxygens (including phenoxy) is 1. The Hall–Kier alpha value is -3.15. The number of benzene rings is 2. The third kappa shape index (κ3) is 2.95. The van der Waals surface area contributed by atoms with Crippen molar-refractivity contribution < 1.29 is 9.53 Å². The predicted octanol–water partition coefficient (Wildman–Crippen LogP) is 2.97. The molecule has 0 bridgehead atoms. The molecule has 0 spiro atoms. The molecular formula is C22H23N3O3. The van der Waals surface area contributed by atoms with E-state index in [2.05, 4.69) is 4.98 Å². The van der Waals surface area contributed by atoms with E-state index in [1.165, 1.54) is 4.68 Å². The number of nitrogens with zero attached hydrogens (tertiary/aromatic N) is 3. The Morgan fingerprint density at radius 3 is 2.57 bits per heavy atom. The predicted molar refractivity (Wildman–Crippen MR) is 108 cm³/mol. The van der Waals surface area contributed by atoms with Crippen LogP contribution >= 0.6 is 0 Å². The van der Waals surface area contributed by atoms with Gasteiger partial charge in [-0.3, -0.25) is 9.80 Å². The molecule has 0 N–H and O–H groups in total. The number of fused-ring (bicyclic) bond motifs is 1. The lowest BCUT2D eigenvalue weighted by molar-refractivity contribution is -0.151. The van der Waals surface area contributed by atoms with Crippen LogP contribution in [0.4, 0.5) is 0 Å². The lowest BCUT2D eigenvalue weighted by atomic mass is 10.1. The second kappa shape index (κ2) is 6.78. The molecule has 6 nitrogen and oxygen atoms in total. The molecule has 2 aromatic carbocycles. The van der Waals surface area contributed by atoms with E-state index in [-0.39, 0.29) is 17.6 Å². The highest BCUT2D eigenvalue weighted by Crippen LogP contribution is 2.33. The molecule has 0 saturated carbocycles. The van der Waals surface area contributed by atoms with Gasteiger partial charge in [-0.25, -0.2) is 14.5 Å². The van der Waals surface area contributed by atoms with Gasteiger partial charge in [0.2, 0.25) is 0 Å². The van der Waals surface area contributed by atoms with E-state index >= 15 is 0 Å². The first-order chi connectivity index (χ1) is 13.5. The Kier molecular flexibility index (Phi) is 4.41. The van der Waals surface area contributed by atoms with E-state index in [0.29, 0.717) is 29.7 Å². The number of hydrogen-bond acceptors (Lipinski definition) is 5. The summed E-state index contributed by atoms with van der Waals surface area (Å²) in [6, 6.07) is 16.9. The Morgan fingerprint density at radius 2 is 1.86 bits per heavy atom.